The van der Waals surface area contributed by atoms with Gasteiger partial charge < -0.3 is 4.74 Å². The van der Waals surface area contributed by atoms with E-state index >= 15 is 0 Å². The summed E-state index contributed by atoms with van der Waals surface area (Å²) in [5, 5.41) is 1.25. The van der Waals surface area contributed by atoms with Gasteiger partial charge in [0.25, 0.3) is 0 Å². The average molecular weight is 324 g/mol. The summed E-state index contributed by atoms with van der Waals surface area (Å²) < 4.78 is 32.2. The maximum absolute atomic E-state index is 12.2. The zero-order valence-corrected chi connectivity index (χ0v) is 13.8. The van der Waals surface area contributed by atoms with Gasteiger partial charge in [0.15, 0.2) is 0 Å². The lowest BCUT2D eigenvalue weighted by atomic mass is 10.1. The van der Waals surface area contributed by atoms with Crippen LogP contribution < -0.4 is 4.72 Å². The highest BCUT2D eigenvalue weighted by Crippen LogP contribution is 2.11. The van der Waals surface area contributed by atoms with Crippen molar-refractivity contribution in [3.8, 4) is 0 Å². The fourth-order valence-electron chi connectivity index (χ4n) is 2.58. The van der Waals surface area contributed by atoms with E-state index in [1.807, 2.05) is 30.3 Å². The third-order valence-corrected chi connectivity index (χ3v) is 4.84. The van der Waals surface area contributed by atoms with Gasteiger partial charge in [-0.2, -0.15) is 0 Å². The quantitative estimate of drug-likeness (QED) is 0.829. The molecule has 1 fully saturated rings. The number of hydrogen-bond donors (Lipinski definition) is 1. The van der Waals surface area contributed by atoms with Crippen molar-refractivity contribution in [2.24, 2.45) is 0 Å². The lowest BCUT2D eigenvalue weighted by Gasteiger charge is -2.32. The first-order valence-electron chi connectivity index (χ1n) is 7.56. The predicted molar refractivity (Wildman–Crippen MR) is 88.9 cm³/mol. The molecule has 1 N–H and O–H groups in total. The van der Waals surface area contributed by atoms with E-state index < -0.39 is 10.0 Å². The fourth-order valence-corrected chi connectivity index (χ4v) is 3.65. The number of ether oxygens (including phenoxy) is 1. The molecule has 0 aromatic heterocycles. The first-order chi connectivity index (χ1) is 10.6. The second-order valence-electron chi connectivity index (χ2n) is 5.51. The summed E-state index contributed by atoms with van der Waals surface area (Å²) >= 11 is 0. The van der Waals surface area contributed by atoms with Gasteiger partial charge in [0, 0.05) is 31.6 Å². The zero-order chi connectivity index (χ0) is 15.8. The normalized spacial score (nSPS) is 20.5. The molecule has 0 aliphatic carbocycles. The molecule has 2 rings (SSSR count). The van der Waals surface area contributed by atoms with Gasteiger partial charge in [-0.25, -0.2) is 13.1 Å². The van der Waals surface area contributed by atoms with E-state index in [0.29, 0.717) is 6.61 Å². The molecule has 0 amide bonds. The van der Waals surface area contributed by atoms with Crippen molar-refractivity contribution in [1.29, 1.82) is 0 Å². The molecule has 1 atom stereocenters. The Labute approximate surface area is 133 Å². The summed E-state index contributed by atoms with van der Waals surface area (Å²) in [6.45, 7) is 3.26. The Morgan fingerprint density at radius 2 is 2.14 bits per heavy atom. The molecule has 0 spiro atoms. The van der Waals surface area contributed by atoms with Crippen LogP contribution in [0.15, 0.2) is 35.7 Å². The third kappa shape index (κ3) is 5.88. The van der Waals surface area contributed by atoms with Gasteiger partial charge >= 0.3 is 0 Å². The van der Waals surface area contributed by atoms with E-state index in [1.165, 1.54) is 5.41 Å². The smallest absolute Gasteiger partial charge is 0.234 e. The largest absolute Gasteiger partial charge is 0.383 e. The molecule has 1 aliphatic heterocycles. The molecule has 122 valence electrons. The fraction of sp³-hybridized carbons (Fsp3) is 0.500. The minimum absolute atomic E-state index is 0.0315. The monoisotopic (exact) mass is 324 g/mol. The maximum atomic E-state index is 12.2. The number of hydrogen-bond acceptors (Lipinski definition) is 4. The summed E-state index contributed by atoms with van der Waals surface area (Å²) in [7, 11) is -1.73. The average Bonchev–Trinajstić information content (AvgIpc) is 2.52. The van der Waals surface area contributed by atoms with Gasteiger partial charge in [-0.05, 0) is 31.0 Å². The predicted octanol–water partition coefficient (Wildman–Crippen LogP) is 1.69. The molecule has 1 aliphatic rings. The summed E-state index contributed by atoms with van der Waals surface area (Å²) in [5.41, 5.74) is 0.873. The molecule has 1 aromatic rings. The summed E-state index contributed by atoms with van der Waals surface area (Å²) in [6.07, 6.45) is 3.50. The van der Waals surface area contributed by atoms with Gasteiger partial charge in [-0.15, -0.1) is 0 Å². The van der Waals surface area contributed by atoms with Crippen LogP contribution in [0.4, 0.5) is 0 Å². The molecule has 5 nitrogen and oxygen atoms in total. The summed E-state index contributed by atoms with van der Waals surface area (Å²) in [5.74, 6) is 0. The molecule has 6 heteroatoms. The van der Waals surface area contributed by atoms with Crippen LogP contribution in [0.1, 0.15) is 18.4 Å². The van der Waals surface area contributed by atoms with E-state index in [0.717, 1.165) is 38.0 Å². The first-order valence-corrected chi connectivity index (χ1v) is 9.10. The van der Waals surface area contributed by atoms with Crippen molar-refractivity contribution in [1.82, 2.24) is 9.62 Å². The maximum Gasteiger partial charge on any atom is 0.234 e. The number of rotatable bonds is 7. The van der Waals surface area contributed by atoms with Crippen molar-refractivity contribution in [3.05, 3.63) is 41.3 Å². The van der Waals surface area contributed by atoms with Crippen molar-refractivity contribution >= 4 is 16.1 Å². The molecule has 0 saturated carbocycles. The minimum atomic E-state index is -3.41. The van der Waals surface area contributed by atoms with Gasteiger partial charge in [0.05, 0.1) is 6.61 Å². The van der Waals surface area contributed by atoms with Crippen LogP contribution in [-0.4, -0.2) is 52.7 Å². The minimum Gasteiger partial charge on any atom is -0.383 e. The van der Waals surface area contributed by atoms with Crippen LogP contribution in [0, 0.1) is 0 Å². The number of benzene rings is 1. The van der Waals surface area contributed by atoms with Crippen molar-refractivity contribution in [3.63, 3.8) is 0 Å². The van der Waals surface area contributed by atoms with Crippen LogP contribution >= 0.6 is 0 Å². The highest BCUT2D eigenvalue weighted by Gasteiger charge is 2.22. The number of methoxy groups -OCH3 is 1. The lowest BCUT2D eigenvalue weighted by Crippen LogP contribution is -2.47. The van der Waals surface area contributed by atoms with E-state index in [2.05, 4.69) is 9.62 Å². The molecule has 1 saturated heterocycles. The number of nitrogens with one attached hydrogen (secondary N) is 1. The molecule has 0 bridgehead atoms. The third-order valence-electron chi connectivity index (χ3n) is 3.69. The van der Waals surface area contributed by atoms with Crippen LogP contribution in [0.25, 0.3) is 6.08 Å². The highest BCUT2D eigenvalue weighted by atomic mass is 32.2. The van der Waals surface area contributed by atoms with E-state index in [9.17, 15) is 8.42 Å². The topological polar surface area (TPSA) is 58.6 Å². The Morgan fingerprint density at radius 1 is 1.36 bits per heavy atom. The first kappa shape index (κ1) is 17.1. The van der Waals surface area contributed by atoms with E-state index in [4.69, 9.17) is 4.74 Å². The highest BCUT2D eigenvalue weighted by molar-refractivity contribution is 7.92. The molecule has 0 unspecified atom stereocenters. The van der Waals surface area contributed by atoms with Crippen molar-refractivity contribution in [2.45, 2.75) is 18.9 Å². The van der Waals surface area contributed by atoms with Gasteiger partial charge in [0.1, 0.15) is 0 Å². The Kier molecular flexibility index (Phi) is 6.57. The van der Waals surface area contributed by atoms with Crippen molar-refractivity contribution < 1.29 is 13.2 Å². The molecule has 1 aromatic carbocycles. The van der Waals surface area contributed by atoms with Crippen LogP contribution in [-0.2, 0) is 14.8 Å². The molecular formula is C16H24N2O3S. The summed E-state index contributed by atoms with van der Waals surface area (Å²) in [4.78, 5) is 2.24. The van der Waals surface area contributed by atoms with E-state index in [-0.39, 0.29) is 6.04 Å². The second-order valence-corrected chi connectivity index (χ2v) is 7.11. The second kappa shape index (κ2) is 8.43. The summed E-state index contributed by atoms with van der Waals surface area (Å²) in [6, 6.07) is 9.39. The molecule has 0 radical (unpaired) electrons. The van der Waals surface area contributed by atoms with Gasteiger partial charge in [-0.3, -0.25) is 4.90 Å². The number of piperidine rings is 1. The van der Waals surface area contributed by atoms with Crippen LogP contribution in [0.2, 0.25) is 0 Å². The van der Waals surface area contributed by atoms with Crippen molar-refractivity contribution in [2.75, 3.05) is 33.4 Å². The lowest BCUT2D eigenvalue weighted by molar-refractivity contribution is 0.126. The Morgan fingerprint density at radius 3 is 2.86 bits per heavy atom. The number of likely N-dealkylation sites (tertiary alicyclic amines) is 1. The SMILES string of the molecule is COCCN1CCC[C@@H](NS(=O)(=O)/C=C/c2ccccc2)C1. The van der Waals surface area contributed by atoms with Crippen LogP contribution in [0.3, 0.4) is 0 Å². The molecule has 1 heterocycles. The zero-order valence-electron chi connectivity index (χ0n) is 12.9. The number of sulfonamides is 1. The molecular weight excluding hydrogens is 300 g/mol. The van der Waals surface area contributed by atoms with Gasteiger partial charge in [-0.1, -0.05) is 30.3 Å². The van der Waals surface area contributed by atoms with Gasteiger partial charge in [0.2, 0.25) is 10.0 Å². The Hall–Kier alpha value is -1.21. The van der Waals surface area contributed by atoms with E-state index in [1.54, 1.807) is 13.2 Å². The molecule has 22 heavy (non-hydrogen) atoms. The Balaban J connectivity index is 1.89. The number of nitrogens with zero attached hydrogens (tertiary/aromatic N) is 1. The van der Waals surface area contributed by atoms with Crippen LogP contribution in [0.5, 0.6) is 0 Å². The standard InChI is InChI=1S/C16H24N2O3S/c1-21-12-11-18-10-5-8-16(14-18)17-22(19,20)13-9-15-6-3-2-4-7-15/h2-4,6-7,9,13,16-17H,5,8,10-12,14H2,1H3/b13-9+/t16-/m1/s1. The Bertz CT molecular complexity index is 572.